The second-order valence-electron chi connectivity index (χ2n) is 7.24. The Balaban J connectivity index is 1.64. The number of aryl methyl sites for hydroxylation is 1. The molecule has 0 fully saturated rings. The van der Waals surface area contributed by atoms with Crippen molar-refractivity contribution in [3.63, 3.8) is 0 Å². The molecule has 0 atom stereocenters. The molecule has 30 heavy (non-hydrogen) atoms. The highest BCUT2D eigenvalue weighted by molar-refractivity contribution is 5.72. The summed E-state index contributed by atoms with van der Waals surface area (Å²) in [6.07, 6.45) is 10.6. The first kappa shape index (κ1) is 18.1. The van der Waals surface area contributed by atoms with Crippen LogP contribution in [0, 0.1) is 0 Å². The molecule has 1 aromatic carbocycles. The third-order valence-electron chi connectivity index (χ3n) is 5.33. The Morgan fingerprint density at radius 3 is 2.83 bits per heavy atom. The lowest BCUT2D eigenvalue weighted by Crippen LogP contribution is -2.21. The Morgan fingerprint density at radius 2 is 1.97 bits per heavy atom. The van der Waals surface area contributed by atoms with Crippen LogP contribution in [0.25, 0.3) is 34.3 Å². The van der Waals surface area contributed by atoms with E-state index in [0.717, 1.165) is 34.5 Å². The first-order valence-electron chi connectivity index (χ1n) is 9.69. The van der Waals surface area contributed by atoms with Crippen molar-refractivity contribution in [2.24, 2.45) is 7.05 Å². The van der Waals surface area contributed by atoms with Gasteiger partial charge in [0.2, 0.25) is 0 Å². The highest BCUT2D eigenvalue weighted by Crippen LogP contribution is 2.28. The average molecular weight is 396 g/mol. The zero-order valence-electron chi connectivity index (χ0n) is 16.7. The number of methoxy groups -OCH3 is 1. The summed E-state index contributed by atoms with van der Waals surface area (Å²) >= 11 is 0. The average Bonchev–Trinajstić information content (AvgIpc) is 3.37. The molecule has 0 amide bonds. The van der Waals surface area contributed by atoms with E-state index in [1.54, 1.807) is 35.7 Å². The number of imidazole rings is 1. The largest absolute Gasteiger partial charge is 0.497 e. The second kappa shape index (κ2) is 7.15. The van der Waals surface area contributed by atoms with Gasteiger partial charge in [-0.1, -0.05) is 18.2 Å². The molecule has 4 aromatic rings. The molecule has 5 rings (SSSR count). The predicted octanol–water partition coefficient (Wildman–Crippen LogP) is 3.88. The Morgan fingerprint density at radius 1 is 1.07 bits per heavy atom. The van der Waals surface area contributed by atoms with Gasteiger partial charge in [-0.05, 0) is 41.5 Å². The summed E-state index contributed by atoms with van der Waals surface area (Å²) in [7, 11) is 3.35. The topological polar surface area (TPSA) is 61.9 Å². The summed E-state index contributed by atoms with van der Waals surface area (Å²) in [5.41, 5.74) is 6.29. The summed E-state index contributed by atoms with van der Waals surface area (Å²) in [5.74, 6) is 0.688. The molecular weight excluding hydrogens is 376 g/mol. The molecule has 6 heteroatoms. The number of nitrogens with zero attached hydrogens (tertiary/aromatic N) is 4. The number of hydrogen-bond donors (Lipinski definition) is 0. The smallest absolute Gasteiger partial charge is 0.333 e. The highest BCUT2D eigenvalue weighted by Gasteiger charge is 2.16. The van der Waals surface area contributed by atoms with Gasteiger partial charge in [0, 0.05) is 43.7 Å². The first-order chi connectivity index (χ1) is 14.6. The van der Waals surface area contributed by atoms with Crippen molar-refractivity contribution in [3.8, 4) is 34.0 Å². The minimum Gasteiger partial charge on any atom is -0.497 e. The van der Waals surface area contributed by atoms with E-state index < -0.39 is 0 Å². The number of rotatable bonds is 4. The number of pyridine rings is 2. The molecule has 0 saturated heterocycles. The van der Waals surface area contributed by atoms with Gasteiger partial charge in [-0.15, -0.1) is 0 Å². The molecule has 0 saturated carbocycles. The Bertz CT molecular complexity index is 1350. The van der Waals surface area contributed by atoms with Crippen molar-refractivity contribution in [1.29, 1.82) is 0 Å². The van der Waals surface area contributed by atoms with E-state index in [0.29, 0.717) is 17.1 Å². The van der Waals surface area contributed by atoms with E-state index in [1.807, 2.05) is 42.6 Å². The maximum atomic E-state index is 12.9. The second-order valence-corrected chi connectivity index (χ2v) is 7.24. The molecule has 0 aliphatic heterocycles. The van der Waals surface area contributed by atoms with Gasteiger partial charge < -0.3 is 9.30 Å². The standard InChI is InChI=1S/C24H20N4O2/c1-27-15-23(28(24(27)29)19-6-4-7-20(13-19)30-2)22-12-16(9-10-25-22)18-11-17-5-3-8-21(17)26-14-18/h3-7,9-15H,8H2,1-2H3. The summed E-state index contributed by atoms with van der Waals surface area (Å²) in [6.45, 7) is 0. The maximum Gasteiger partial charge on any atom is 0.333 e. The lowest BCUT2D eigenvalue weighted by Gasteiger charge is -2.10. The van der Waals surface area contributed by atoms with E-state index in [4.69, 9.17) is 4.74 Å². The lowest BCUT2D eigenvalue weighted by atomic mass is 10.0. The third kappa shape index (κ3) is 3.03. The number of ether oxygens (including phenoxy) is 1. The molecule has 3 aromatic heterocycles. The van der Waals surface area contributed by atoms with Crippen LogP contribution in [0.1, 0.15) is 11.3 Å². The van der Waals surface area contributed by atoms with Gasteiger partial charge in [-0.2, -0.15) is 0 Å². The van der Waals surface area contributed by atoms with Crippen LogP contribution in [0.15, 0.2) is 71.9 Å². The van der Waals surface area contributed by atoms with Crippen LogP contribution >= 0.6 is 0 Å². The molecule has 0 unspecified atom stereocenters. The van der Waals surface area contributed by atoms with Crippen molar-refractivity contribution in [2.45, 2.75) is 6.42 Å². The van der Waals surface area contributed by atoms with Gasteiger partial charge in [0.25, 0.3) is 0 Å². The van der Waals surface area contributed by atoms with Gasteiger partial charge in [0.05, 0.1) is 29.9 Å². The van der Waals surface area contributed by atoms with Gasteiger partial charge in [0.15, 0.2) is 0 Å². The Kier molecular flexibility index (Phi) is 4.32. The minimum absolute atomic E-state index is 0.144. The van der Waals surface area contributed by atoms with Crippen LogP contribution in [-0.2, 0) is 13.5 Å². The molecule has 0 N–H and O–H groups in total. The van der Waals surface area contributed by atoms with Crippen LogP contribution in [0.4, 0.5) is 0 Å². The normalized spacial score (nSPS) is 12.2. The van der Waals surface area contributed by atoms with Crippen molar-refractivity contribution in [2.75, 3.05) is 7.11 Å². The number of fused-ring (bicyclic) bond motifs is 1. The Hall–Kier alpha value is -3.93. The van der Waals surface area contributed by atoms with E-state index in [1.165, 1.54) is 0 Å². The highest BCUT2D eigenvalue weighted by atomic mass is 16.5. The van der Waals surface area contributed by atoms with Crippen molar-refractivity contribution >= 4 is 6.08 Å². The van der Waals surface area contributed by atoms with Crippen molar-refractivity contribution < 1.29 is 4.74 Å². The lowest BCUT2D eigenvalue weighted by molar-refractivity contribution is 0.414. The Labute approximate surface area is 173 Å². The minimum atomic E-state index is -0.144. The summed E-state index contributed by atoms with van der Waals surface area (Å²) in [4.78, 5) is 22.0. The van der Waals surface area contributed by atoms with E-state index >= 15 is 0 Å². The molecule has 6 nitrogen and oxygen atoms in total. The van der Waals surface area contributed by atoms with Gasteiger partial charge in [-0.25, -0.2) is 4.79 Å². The number of aromatic nitrogens is 4. The van der Waals surface area contributed by atoms with E-state index in [2.05, 4.69) is 28.2 Å². The molecule has 0 bridgehead atoms. The van der Waals surface area contributed by atoms with Crippen LogP contribution in [0.5, 0.6) is 5.75 Å². The molecule has 3 heterocycles. The zero-order chi connectivity index (χ0) is 20.7. The van der Waals surface area contributed by atoms with Crippen LogP contribution in [-0.4, -0.2) is 26.2 Å². The monoisotopic (exact) mass is 396 g/mol. The van der Waals surface area contributed by atoms with Crippen molar-refractivity contribution in [3.05, 3.63) is 88.9 Å². The molecule has 0 spiro atoms. The number of hydrogen-bond acceptors (Lipinski definition) is 4. The van der Waals surface area contributed by atoms with Crippen LogP contribution < -0.4 is 10.4 Å². The fraction of sp³-hybridized carbons (Fsp3) is 0.125. The van der Waals surface area contributed by atoms with Crippen LogP contribution in [0.3, 0.4) is 0 Å². The fourth-order valence-electron chi connectivity index (χ4n) is 3.77. The third-order valence-corrected chi connectivity index (χ3v) is 5.33. The zero-order valence-corrected chi connectivity index (χ0v) is 16.7. The van der Waals surface area contributed by atoms with Gasteiger partial charge >= 0.3 is 5.69 Å². The van der Waals surface area contributed by atoms with E-state index in [-0.39, 0.29) is 5.69 Å². The number of benzene rings is 1. The summed E-state index contributed by atoms with van der Waals surface area (Å²) in [6, 6.07) is 13.5. The SMILES string of the molecule is COc1cccc(-n2c(-c3cc(-c4cnc5c(c4)C=CC5)ccn3)cn(C)c2=O)c1. The molecule has 148 valence electrons. The number of allylic oxidation sites excluding steroid dienone is 1. The predicted molar refractivity (Wildman–Crippen MR) is 117 cm³/mol. The van der Waals surface area contributed by atoms with Crippen LogP contribution in [0.2, 0.25) is 0 Å². The quantitative estimate of drug-likeness (QED) is 0.525. The summed E-state index contributed by atoms with van der Waals surface area (Å²) < 4.78 is 8.54. The first-order valence-corrected chi connectivity index (χ1v) is 9.69. The molecule has 1 aliphatic carbocycles. The van der Waals surface area contributed by atoms with Crippen molar-refractivity contribution in [1.82, 2.24) is 19.1 Å². The summed E-state index contributed by atoms with van der Waals surface area (Å²) in [5, 5.41) is 0. The molecule has 0 radical (unpaired) electrons. The van der Waals surface area contributed by atoms with E-state index in [9.17, 15) is 4.79 Å². The van der Waals surface area contributed by atoms with Gasteiger partial charge in [-0.3, -0.25) is 14.5 Å². The molecular formula is C24H20N4O2. The fourth-order valence-corrected chi connectivity index (χ4v) is 3.77. The maximum absolute atomic E-state index is 12.9. The van der Waals surface area contributed by atoms with Gasteiger partial charge in [0.1, 0.15) is 5.75 Å². The molecule has 1 aliphatic rings.